The second kappa shape index (κ2) is 9.78. The predicted octanol–water partition coefficient (Wildman–Crippen LogP) is 3.06. The summed E-state index contributed by atoms with van der Waals surface area (Å²) in [6, 6.07) is 7.94. The van der Waals surface area contributed by atoms with Crippen LogP contribution in [-0.4, -0.2) is 68.7 Å². The molecule has 0 saturated carbocycles. The van der Waals surface area contributed by atoms with Gasteiger partial charge in [0.1, 0.15) is 0 Å². The first-order valence-electron chi connectivity index (χ1n) is 10.3. The molecule has 1 aromatic heterocycles. The highest BCUT2D eigenvalue weighted by Crippen LogP contribution is 2.33. The minimum atomic E-state index is -3.72. The number of hydrogen-bond acceptors (Lipinski definition) is 7. The third-order valence-corrected chi connectivity index (χ3v) is 8.53. The summed E-state index contributed by atoms with van der Waals surface area (Å²) >= 11 is 7.04. The Bertz CT molecular complexity index is 1110. The van der Waals surface area contributed by atoms with Crippen molar-refractivity contribution in [3.05, 3.63) is 39.5 Å². The highest BCUT2D eigenvalue weighted by Gasteiger charge is 2.31. The van der Waals surface area contributed by atoms with Crippen LogP contribution in [0.2, 0.25) is 4.34 Å². The summed E-state index contributed by atoms with van der Waals surface area (Å²) in [6.45, 7) is 1.94. The number of sulfonamides is 1. The molecule has 0 bridgehead atoms. The molecule has 0 atom stereocenters. The zero-order valence-electron chi connectivity index (χ0n) is 17.3. The van der Waals surface area contributed by atoms with E-state index in [1.165, 1.54) is 27.8 Å². The molecule has 1 aromatic carbocycles. The molecule has 11 heteroatoms. The van der Waals surface area contributed by atoms with Crippen molar-refractivity contribution in [2.24, 2.45) is 0 Å². The Kier molecular flexibility index (Phi) is 7.04. The standard InChI is InChI=1S/C21H23ClN2O6S2/c22-20-6-5-19(31-20)16(25)3-7-21(26)23-8-10-24(11-9-23)32(27,28)15-2-4-17-18(14-15)30-13-1-12-29-17/h2,4-6,14H,1,3,7-13H2. The van der Waals surface area contributed by atoms with Gasteiger partial charge in [-0.1, -0.05) is 11.6 Å². The maximum Gasteiger partial charge on any atom is 0.243 e. The summed E-state index contributed by atoms with van der Waals surface area (Å²) in [5.74, 6) is 0.685. The molecule has 2 aliphatic rings. The topological polar surface area (TPSA) is 93.2 Å². The van der Waals surface area contributed by atoms with Crippen molar-refractivity contribution in [2.45, 2.75) is 24.2 Å². The number of amides is 1. The van der Waals surface area contributed by atoms with Crippen LogP contribution in [0.15, 0.2) is 35.2 Å². The maximum absolute atomic E-state index is 13.1. The van der Waals surface area contributed by atoms with E-state index in [4.69, 9.17) is 21.1 Å². The molecule has 0 aliphatic carbocycles. The summed E-state index contributed by atoms with van der Waals surface area (Å²) in [5, 5.41) is 0. The number of piperazine rings is 1. The lowest BCUT2D eigenvalue weighted by atomic mass is 10.1. The van der Waals surface area contributed by atoms with Gasteiger partial charge in [-0.2, -0.15) is 4.31 Å². The van der Waals surface area contributed by atoms with Gasteiger partial charge in [0.15, 0.2) is 17.3 Å². The van der Waals surface area contributed by atoms with E-state index in [-0.39, 0.29) is 55.6 Å². The van der Waals surface area contributed by atoms with E-state index in [2.05, 4.69) is 0 Å². The number of thiophene rings is 1. The van der Waals surface area contributed by atoms with Gasteiger partial charge >= 0.3 is 0 Å². The number of rotatable bonds is 6. The van der Waals surface area contributed by atoms with Crippen molar-refractivity contribution in [1.29, 1.82) is 0 Å². The van der Waals surface area contributed by atoms with E-state index >= 15 is 0 Å². The van der Waals surface area contributed by atoms with E-state index in [1.807, 2.05) is 0 Å². The summed E-state index contributed by atoms with van der Waals surface area (Å²) < 4.78 is 39.2. The largest absolute Gasteiger partial charge is 0.490 e. The average Bonchev–Trinajstić information content (AvgIpc) is 3.10. The molecule has 2 aromatic rings. The molecule has 172 valence electrons. The Labute approximate surface area is 195 Å². The van der Waals surface area contributed by atoms with Crippen LogP contribution in [0.5, 0.6) is 11.5 Å². The van der Waals surface area contributed by atoms with E-state index in [0.29, 0.717) is 33.9 Å². The van der Waals surface area contributed by atoms with Crippen LogP contribution in [0.3, 0.4) is 0 Å². The smallest absolute Gasteiger partial charge is 0.243 e. The second-order valence-electron chi connectivity index (χ2n) is 7.47. The Morgan fingerprint density at radius 2 is 1.69 bits per heavy atom. The van der Waals surface area contributed by atoms with Gasteiger partial charge in [0.2, 0.25) is 15.9 Å². The first kappa shape index (κ1) is 23.0. The fraction of sp³-hybridized carbons (Fsp3) is 0.429. The highest BCUT2D eigenvalue weighted by molar-refractivity contribution is 7.89. The van der Waals surface area contributed by atoms with Crippen molar-refractivity contribution in [3.63, 3.8) is 0 Å². The molecule has 1 saturated heterocycles. The minimum absolute atomic E-state index is 0.0866. The number of hydrogen-bond donors (Lipinski definition) is 0. The molecular formula is C21H23ClN2O6S2. The van der Waals surface area contributed by atoms with Crippen LogP contribution in [0.25, 0.3) is 0 Å². The van der Waals surface area contributed by atoms with E-state index in [0.717, 1.165) is 6.42 Å². The lowest BCUT2D eigenvalue weighted by molar-refractivity contribution is -0.132. The maximum atomic E-state index is 13.1. The number of ether oxygens (including phenoxy) is 2. The van der Waals surface area contributed by atoms with Crippen LogP contribution in [0.4, 0.5) is 0 Å². The highest BCUT2D eigenvalue weighted by atomic mass is 35.5. The number of Topliss-reactive ketones (excluding diaryl/α,β-unsaturated/α-hetero) is 1. The number of fused-ring (bicyclic) bond motifs is 1. The molecule has 3 heterocycles. The van der Waals surface area contributed by atoms with Gasteiger partial charge in [0, 0.05) is 51.5 Å². The molecule has 0 unspecified atom stereocenters. The zero-order chi connectivity index (χ0) is 22.7. The van der Waals surface area contributed by atoms with Crippen LogP contribution >= 0.6 is 22.9 Å². The quantitative estimate of drug-likeness (QED) is 0.568. The van der Waals surface area contributed by atoms with Crippen LogP contribution in [0, 0.1) is 0 Å². The molecule has 2 aliphatic heterocycles. The number of ketones is 1. The molecule has 1 fully saturated rings. The Balaban J connectivity index is 1.33. The van der Waals surface area contributed by atoms with Gasteiger partial charge in [0.25, 0.3) is 0 Å². The van der Waals surface area contributed by atoms with E-state index in [9.17, 15) is 18.0 Å². The van der Waals surface area contributed by atoms with Crippen LogP contribution < -0.4 is 9.47 Å². The number of carbonyl (C=O) groups excluding carboxylic acids is 2. The summed E-state index contributed by atoms with van der Waals surface area (Å²) in [7, 11) is -3.72. The van der Waals surface area contributed by atoms with Gasteiger partial charge in [-0.3, -0.25) is 9.59 Å². The van der Waals surface area contributed by atoms with Crippen molar-refractivity contribution in [3.8, 4) is 11.5 Å². The van der Waals surface area contributed by atoms with Gasteiger partial charge < -0.3 is 14.4 Å². The van der Waals surface area contributed by atoms with Crippen molar-refractivity contribution >= 4 is 44.7 Å². The first-order chi connectivity index (χ1) is 15.3. The molecule has 4 rings (SSSR count). The minimum Gasteiger partial charge on any atom is -0.490 e. The van der Waals surface area contributed by atoms with Crippen LogP contribution in [0.1, 0.15) is 28.9 Å². The SMILES string of the molecule is O=C(CCC(=O)N1CCN(S(=O)(=O)c2ccc3c(c2)OCCCO3)CC1)c1ccc(Cl)s1. The molecule has 32 heavy (non-hydrogen) atoms. The lowest BCUT2D eigenvalue weighted by Gasteiger charge is -2.34. The van der Waals surface area contributed by atoms with Gasteiger partial charge in [0.05, 0.1) is 27.3 Å². The fourth-order valence-electron chi connectivity index (χ4n) is 3.60. The molecular weight excluding hydrogens is 476 g/mol. The number of halogens is 1. The molecule has 0 radical (unpaired) electrons. The first-order valence-corrected chi connectivity index (χ1v) is 12.9. The normalized spacial score (nSPS) is 17.1. The average molecular weight is 499 g/mol. The summed E-state index contributed by atoms with van der Waals surface area (Å²) in [6.07, 6.45) is 0.925. The van der Waals surface area contributed by atoms with Crippen LogP contribution in [-0.2, 0) is 14.8 Å². The molecule has 1 amide bonds. The van der Waals surface area contributed by atoms with Gasteiger partial charge in [-0.25, -0.2) is 8.42 Å². The third-order valence-electron chi connectivity index (χ3n) is 5.36. The Hall–Kier alpha value is -2.14. The van der Waals surface area contributed by atoms with Crippen molar-refractivity contribution in [1.82, 2.24) is 9.21 Å². The molecule has 8 nitrogen and oxygen atoms in total. The van der Waals surface area contributed by atoms with Gasteiger partial charge in [-0.15, -0.1) is 11.3 Å². The molecule has 0 spiro atoms. The number of nitrogens with zero attached hydrogens (tertiary/aromatic N) is 2. The van der Waals surface area contributed by atoms with E-state index in [1.54, 1.807) is 23.1 Å². The van der Waals surface area contributed by atoms with Crippen molar-refractivity contribution in [2.75, 3.05) is 39.4 Å². The summed E-state index contributed by atoms with van der Waals surface area (Å²) in [4.78, 5) is 27.0. The summed E-state index contributed by atoms with van der Waals surface area (Å²) in [5.41, 5.74) is 0. The Morgan fingerprint density at radius 3 is 2.38 bits per heavy atom. The predicted molar refractivity (Wildman–Crippen MR) is 120 cm³/mol. The second-order valence-corrected chi connectivity index (χ2v) is 11.1. The van der Waals surface area contributed by atoms with Crippen molar-refractivity contribution < 1.29 is 27.5 Å². The molecule has 0 N–H and O–H groups in total. The fourth-order valence-corrected chi connectivity index (χ4v) is 6.05. The monoisotopic (exact) mass is 498 g/mol. The zero-order valence-corrected chi connectivity index (χ0v) is 19.7. The Morgan fingerprint density at radius 1 is 0.969 bits per heavy atom. The number of benzene rings is 1. The number of carbonyl (C=O) groups is 2. The van der Waals surface area contributed by atoms with E-state index < -0.39 is 10.0 Å². The third kappa shape index (κ3) is 5.09. The lowest BCUT2D eigenvalue weighted by Crippen LogP contribution is -2.50. The van der Waals surface area contributed by atoms with Gasteiger partial charge in [-0.05, 0) is 24.3 Å².